The standard InChI is InChI=1S/C17H26FNO/c1-20-12-11-19-13-16(14-7-3-2-4-8-14)15-9-5-6-10-17(15)18/h5-6,9-10,14,16,19H,2-4,7-8,11-13H2,1H3. The number of benzene rings is 1. The van der Waals surface area contributed by atoms with Crippen molar-refractivity contribution in [3.8, 4) is 0 Å². The second-order valence-electron chi connectivity index (χ2n) is 5.72. The zero-order valence-electron chi connectivity index (χ0n) is 12.4. The number of hydrogen-bond acceptors (Lipinski definition) is 2. The molecule has 3 heteroatoms. The molecule has 0 spiro atoms. The number of methoxy groups -OCH3 is 1. The van der Waals surface area contributed by atoms with Gasteiger partial charge in [-0.05, 0) is 30.4 Å². The molecule has 1 aliphatic rings. The van der Waals surface area contributed by atoms with E-state index in [2.05, 4.69) is 5.32 Å². The third-order valence-electron chi connectivity index (χ3n) is 4.37. The molecule has 1 N–H and O–H groups in total. The first-order valence-electron chi connectivity index (χ1n) is 7.77. The zero-order valence-corrected chi connectivity index (χ0v) is 12.4. The first-order chi connectivity index (χ1) is 9.83. The highest BCUT2D eigenvalue weighted by Gasteiger charge is 2.26. The molecule has 1 aliphatic carbocycles. The SMILES string of the molecule is COCCNCC(c1ccccc1F)C1CCCCC1. The normalized spacial score (nSPS) is 18.1. The molecule has 0 saturated heterocycles. The van der Waals surface area contributed by atoms with Crippen molar-refractivity contribution in [1.82, 2.24) is 5.32 Å². The molecular formula is C17H26FNO. The Kier molecular flexibility index (Phi) is 6.48. The Labute approximate surface area is 121 Å². The van der Waals surface area contributed by atoms with Gasteiger partial charge in [-0.3, -0.25) is 0 Å². The van der Waals surface area contributed by atoms with Gasteiger partial charge in [0.2, 0.25) is 0 Å². The molecule has 1 aromatic rings. The van der Waals surface area contributed by atoms with Crippen molar-refractivity contribution < 1.29 is 9.13 Å². The quantitative estimate of drug-likeness (QED) is 0.768. The summed E-state index contributed by atoms with van der Waals surface area (Å²) in [4.78, 5) is 0. The van der Waals surface area contributed by atoms with Crippen LogP contribution in [0.3, 0.4) is 0 Å². The van der Waals surface area contributed by atoms with Crippen LogP contribution in [0.1, 0.15) is 43.6 Å². The monoisotopic (exact) mass is 279 g/mol. The summed E-state index contributed by atoms with van der Waals surface area (Å²) in [6, 6.07) is 7.26. The van der Waals surface area contributed by atoms with Gasteiger partial charge in [0.25, 0.3) is 0 Å². The van der Waals surface area contributed by atoms with E-state index in [0.717, 1.165) is 18.7 Å². The lowest BCUT2D eigenvalue weighted by atomic mass is 9.76. The van der Waals surface area contributed by atoms with Gasteiger partial charge >= 0.3 is 0 Å². The van der Waals surface area contributed by atoms with Crippen LogP contribution in [0.2, 0.25) is 0 Å². The largest absolute Gasteiger partial charge is 0.383 e. The van der Waals surface area contributed by atoms with Gasteiger partial charge in [0, 0.05) is 26.1 Å². The summed E-state index contributed by atoms with van der Waals surface area (Å²) in [7, 11) is 1.71. The fourth-order valence-electron chi connectivity index (χ4n) is 3.27. The third-order valence-corrected chi connectivity index (χ3v) is 4.37. The van der Waals surface area contributed by atoms with Gasteiger partial charge in [-0.25, -0.2) is 4.39 Å². The maximum atomic E-state index is 14.1. The first kappa shape index (κ1) is 15.5. The van der Waals surface area contributed by atoms with E-state index in [-0.39, 0.29) is 11.7 Å². The van der Waals surface area contributed by atoms with Gasteiger partial charge in [0.15, 0.2) is 0 Å². The molecule has 2 rings (SSSR count). The lowest BCUT2D eigenvalue weighted by Crippen LogP contribution is -2.30. The molecule has 0 bridgehead atoms. The van der Waals surface area contributed by atoms with Crippen LogP contribution in [-0.2, 0) is 4.74 Å². The molecule has 0 aromatic heterocycles. The number of ether oxygens (including phenoxy) is 1. The minimum absolute atomic E-state index is 0.0587. The van der Waals surface area contributed by atoms with Crippen LogP contribution < -0.4 is 5.32 Å². The van der Waals surface area contributed by atoms with Gasteiger partial charge in [-0.15, -0.1) is 0 Å². The smallest absolute Gasteiger partial charge is 0.126 e. The molecule has 1 aromatic carbocycles. The van der Waals surface area contributed by atoms with Gasteiger partial charge in [-0.2, -0.15) is 0 Å². The van der Waals surface area contributed by atoms with Crippen molar-refractivity contribution in [1.29, 1.82) is 0 Å². The number of halogens is 1. The predicted molar refractivity (Wildman–Crippen MR) is 80.5 cm³/mol. The number of nitrogens with one attached hydrogen (secondary N) is 1. The summed E-state index contributed by atoms with van der Waals surface area (Å²) in [5.74, 6) is 0.834. The van der Waals surface area contributed by atoms with Gasteiger partial charge < -0.3 is 10.1 Å². The Morgan fingerprint density at radius 3 is 2.70 bits per heavy atom. The number of rotatable bonds is 7. The maximum Gasteiger partial charge on any atom is 0.126 e. The lowest BCUT2D eigenvalue weighted by molar-refractivity contribution is 0.196. The van der Waals surface area contributed by atoms with Crippen LogP contribution in [0.5, 0.6) is 0 Å². The van der Waals surface area contributed by atoms with E-state index < -0.39 is 0 Å². The summed E-state index contributed by atoms with van der Waals surface area (Å²) in [5.41, 5.74) is 0.879. The molecule has 1 atom stereocenters. The Morgan fingerprint density at radius 1 is 1.25 bits per heavy atom. The Bertz CT molecular complexity index is 390. The average Bonchev–Trinajstić information content (AvgIpc) is 2.49. The molecule has 112 valence electrons. The van der Waals surface area contributed by atoms with Gasteiger partial charge in [0.05, 0.1) is 6.61 Å². The van der Waals surface area contributed by atoms with Crippen molar-refractivity contribution in [2.75, 3.05) is 26.8 Å². The summed E-state index contributed by atoms with van der Waals surface area (Å²) in [5, 5.41) is 3.42. The average molecular weight is 279 g/mol. The van der Waals surface area contributed by atoms with Gasteiger partial charge in [0.1, 0.15) is 5.82 Å². The van der Waals surface area contributed by atoms with E-state index in [1.807, 2.05) is 12.1 Å². The molecule has 2 nitrogen and oxygen atoms in total. The van der Waals surface area contributed by atoms with E-state index >= 15 is 0 Å². The lowest BCUT2D eigenvalue weighted by Gasteiger charge is -2.31. The highest BCUT2D eigenvalue weighted by molar-refractivity contribution is 5.23. The maximum absolute atomic E-state index is 14.1. The van der Waals surface area contributed by atoms with Crippen molar-refractivity contribution in [2.45, 2.75) is 38.0 Å². The fraction of sp³-hybridized carbons (Fsp3) is 0.647. The third kappa shape index (κ3) is 4.29. The van der Waals surface area contributed by atoms with Gasteiger partial charge in [-0.1, -0.05) is 37.5 Å². The van der Waals surface area contributed by atoms with Crippen molar-refractivity contribution in [3.05, 3.63) is 35.6 Å². The first-order valence-corrected chi connectivity index (χ1v) is 7.77. The Balaban J connectivity index is 2.04. The minimum atomic E-state index is -0.0587. The van der Waals surface area contributed by atoms with E-state index in [0.29, 0.717) is 12.5 Å². The summed E-state index contributed by atoms with van der Waals surface area (Å²) in [6.45, 7) is 2.37. The second kappa shape index (κ2) is 8.38. The highest BCUT2D eigenvalue weighted by Crippen LogP contribution is 2.36. The van der Waals surface area contributed by atoms with Crippen molar-refractivity contribution >= 4 is 0 Å². The summed E-state index contributed by atoms with van der Waals surface area (Å²) in [6.07, 6.45) is 6.36. The van der Waals surface area contributed by atoms with Crippen LogP contribution in [0.15, 0.2) is 24.3 Å². The zero-order chi connectivity index (χ0) is 14.2. The molecule has 1 saturated carbocycles. The molecule has 0 heterocycles. The van der Waals surface area contributed by atoms with Crippen LogP contribution in [0.25, 0.3) is 0 Å². The molecule has 20 heavy (non-hydrogen) atoms. The van der Waals surface area contributed by atoms with E-state index in [1.165, 1.54) is 32.1 Å². The van der Waals surface area contributed by atoms with Crippen LogP contribution >= 0.6 is 0 Å². The van der Waals surface area contributed by atoms with Crippen LogP contribution in [0, 0.1) is 11.7 Å². The van der Waals surface area contributed by atoms with Crippen molar-refractivity contribution in [3.63, 3.8) is 0 Å². The minimum Gasteiger partial charge on any atom is -0.383 e. The second-order valence-corrected chi connectivity index (χ2v) is 5.72. The molecule has 0 amide bonds. The Hall–Kier alpha value is -0.930. The van der Waals surface area contributed by atoms with E-state index in [4.69, 9.17) is 4.74 Å². The topological polar surface area (TPSA) is 21.3 Å². The number of hydrogen-bond donors (Lipinski definition) is 1. The van der Waals surface area contributed by atoms with Crippen molar-refractivity contribution in [2.24, 2.45) is 5.92 Å². The molecule has 1 fully saturated rings. The van der Waals surface area contributed by atoms with E-state index in [1.54, 1.807) is 19.2 Å². The van der Waals surface area contributed by atoms with E-state index in [9.17, 15) is 4.39 Å². The predicted octanol–water partition coefficient (Wildman–Crippen LogP) is 3.73. The summed E-state index contributed by atoms with van der Waals surface area (Å²) < 4.78 is 19.2. The molecule has 1 unspecified atom stereocenters. The fourth-order valence-corrected chi connectivity index (χ4v) is 3.27. The van der Waals surface area contributed by atoms with Crippen LogP contribution in [0.4, 0.5) is 4.39 Å². The highest BCUT2D eigenvalue weighted by atomic mass is 19.1. The van der Waals surface area contributed by atoms with Crippen LogP contribution in [-0.4, -0.2) is 26.8 Å². The molecule has 0 radical (unpaired) electrons. The summed E-state index contributed by atoms with van der Waals surface area (Å²) >= 11 is 0. The molecule has 0 aliphatic heterocycles. The molecular weight excluding hydrogens is 253 g/mol. The Morgan fingerprint density at radius 2 is 2.00 bits per heavy atom.